The van der Waals surface area contributed by atoms with Crippen LogP contribution in [0.15, 0.2) is 97.1 Å². The summed E-state index contributed by atoms with van der Waals surface area (Å²) in [6, 6.07) is 27.5. The predicted octanol–water partition coefficient (Wildman–Crippen LogP) is 5.53. The van der Waals surface area contributed by atoms with Gasteiger partial charge in [0, 0.05) is 47.0 Å². The van der Waals surface area contributed by atoms with Gasteiger partial charge >= 0.3 is 0 Å². The summed E-state index contributed by atoms with van der Waals surface area (Å²) in [4.78, 5) is 68.4. The van der Waals surface area contributed by atoms with Crippen LogP contribution in [0.5, 0.6) is 0 Å². The Morgan fingerprint density at radius 3 is 2.42 bits per heavy atom. The van der Waals surface area contributed by atoms with E-state index in [0.717, 1.165) is 11.1 Å². The highest BCUT2D eigenvalue weighted by Crippen LogP contribution is 2.60. The summed E-state index contributed by atoms with van der Waals surface area (Å²) in [6.07, 6.45) is -0.531. The van der Waals surface area contributed by atoms with Gasteiger partial charge in [0.2, 0.25) is 5.91 Å². The van der Waals surface area contributed by atoms with Crippen LogP contribution >= 0.6 is 0 Å². The van der Waals surface area contributed by atoms with Crippen molar-refractivity contribution in [2.24, 2.45) is 5.92 Å². The number of hydrogen-bond donors (Lipinski definition) is 3. The molecular formula is C40H42N4O8Si. The third-order valence-electron chi connectivity index (χ3n) is 11.0. The molecular weight excluding hydrogens is 693 g/mol. The van der Waals surface area contributed by atoms with Crippen LogP contribution in [0.1, 0.15) is 46.0 Å². The molecule has 1 fully saturated rings. The first kappa shape index (κ1) is 36.2. The summed E-state index contributed by atoms with van der Waals surface area (Å²) in [5.41, 5.74) is 2.00. The fraction of sp³-hybridized carbons (Fsp3) is 0.325. The van der Waals surface area contributed by atoms with E-state index in [-0.39, 0.29) is 37.1 Å². The largest absolute Gasteiger partial charge is 0.432 e. The van der Waals surface area contributed by atoms with Gasteiger partial charge in [-0.1, -0.05) is 61.5 Å². The lowest BCUT2D eigenvalue weighted by molar-refractivity contribution is -0.385. The van der Waals surface area contributed by atoms with Crippen LogP contribution in [0.4, 0.5) is 17.1 Å². The quantitative estimate of drug-likeness (QED) is 0.115. The Kier molecular flexibility index (Phi) is 9.53. The van der Waals surface area contributed by atoms with E-state index in [1.165, 1.54) is 17.0 Å². The van der Waals surface area contributed by atoms with Crippen molar-refractivity contribution in [3.05, 3.63) is 135 Å². The number of nitrogens with one attached hydrogen (secondary N) is 1. The molecule has 1 spiro atoms. The van der Waals surface area contributed by atoms with E-state index in [2.05, 4.69) is 5.32 Å². The normalized spacial score (nSPS) is 23.5. The van der Waals surface area contributed by atoms with Gasteiger partial charge in [-0.15, -0.1) is 0 Å². The van der Waals surface area contributed by atoms with Gasteiger partial charge in [0.25, 0.3) is 17.5 Å². The summed E-state index contributed by atoms with van der Waals surface area (Å²) >= 11 is 0. The maximum absolute atomic E-state index is 14.9. The van der Waals surface area contributed by atoms with Gasteiger partial charge < -0.3 is 29.8 Å². The minimum Gasteiger partial charge on any atom is -0.432 e. The number of carbonyl (C=O) groups excluding carboxylic acids is 3. The fourth-order valence-corrected chi connectivity index (χ4v) is 11.1. The molecule has 0 bridgehead atoms. The lowest BCUT2D eigenvalue weighted by atomic mass is 9.82. The van der Waals surface area contributed by atoms with Gasteiger partial charge in [0.15, 0.2) is 13.9 Å². The second-order valence-electron chi connectivity index (χ2n) is 14.8. The third-order valence-corrected chi connectivity index (χ3v) is 13.5. The summed E-state index contributed by atoms with van der Waals surface area (Å²) in [7, 11) is -3.17. The van der Waals surface area contributed by atoms with Gasteiger partial charge in [-0.3, -0.25) is 24.5 Å². The molecule has 3 amide bonds. The summed E-state index contributed by atoms with van der Waals surface area (Å²) in [5, 5.41) is 25.2. The van der Waals surface area contributed by atoms with E-state index in [1.54, 1.807) is 66.5 Å². The highest BCUT2D eigenvalue weighted by Gasteiger charge is 2.66. The number of non-ortho nitro benzene ring substituents is 1. The number of aliphatic hydroxyl groups excluding tert-OH is 1. The van der Waals surface area contributed by atoms with Crippen molar-refractivity contribution in [2.75, 3.05) is 16.8 Å². The number of ether oxygens (including phenoxy) is 1. The number of nitrogens with zero attached hydrogens (tertiary/aromatic N) is 3. The molecule has 3 aliphatic heterocycles. The Bertz CT molecular complexity index is 2090. The van der Waals surface area contributed by atoms with Crippen LogP contribution in [0.2, 0.25) is 18.6 Å². The highest BCUT2D eigenvalue weighted by atomic mass is 28.4. The maximum Gasteiger partial charge on any atom is 0.269 e. The van der Waals surface area contributed by atoms with Gasteiger partial charge in [-0.2, -0.15) is 0 Å². The Balaban J connectivity index is 1.22. The molecule has 3 aliphatic rings. The zero-order valence-electron chi connectivity index (χ0n) is 29.8. The van der Waals surface area contributed by atoms with Crippen molar-refractivity contribution in [1.82, 2.24) is 4.90 Å². The molecule has 0 aliphatic carbocycles. The Morgan fingerprint density at radius 1 is 1.00 bits per heavy atom. The number of amides is 3. The Morgan fingerprint density at radius 2 is 1.72 bits per heavy atom. The second kappa shape index (κ2) is 14.0. The SMILES string of the molecule is C[C@@H]1[C@@H]([Si](C)(C)O)[C@H](CC(=O)N2Cc3ccccc3C[C@H]2CO)O[C@@]12C(=O)N(Cc1cccc(NC(=O)c3ccccc3)c1)c1ccc([N+](=O)[O-])cc12. The third kappa shape index (κ3) is 6.54. The highest BCUT2D eigenvalue weighted by molar-refractivity contribution is 6.71. The van der Waals surface area contributed by atoms with E-state index in [4.69, 9.17) is 4.74 Å². The van der Waals surface area contributed by atoms with E-state index in [0.29, 0.717) is 41.0 Å². The second-order valence-corrected chi connectivity index (χ2v) is 18.7. The molecule has 13 heteroatoms. The van der Waals surface area contributed by atoms with Crippen molar-refractivity contribution in [3.63, 3.8) is 0 Å². The van der Waals surface area contributed by atoms with E-state index in [1.807, 2.05) is 43.3 Å². The van der Waals surface area contributed by atoms with Crippen LogP contribution in [-0.2, 0) is 39.4 Å². The van der Waals surface area contributed by atoms with Crippen LogP contribution in [0.25, 0.3) is 0 Å². The van der Waals surface area contributed by atoms with Gasteiger partial charge in [0.1, 0.15) is 0 Å². The number of fused-ring (bicyclic) bond motifs is 3. The van der Waals surface area contributed by atoms with Crippen molar-refractivity contribution in [1.29, 1.82) is 0 Å². The molecule has 4 aromatic rings. The van der Waals surface area contributed by atoms with E-state index in [9.17, 15) is 34.4 Å². The van der Waals surface area contributed by atoms with Crippen LogP contribution < -0.4 is 10.2 Å². The molecule has 0 aromatic heterocycles. The van der Waals surface area contributed by atoms with Gasteiger partial charge in [-0.25, -0.2) is 0 Å². The Labute approximate surface area is 308 Å². The standard InChI is InChI=1S/C40H42N4O8Si/c1-25-37(53(2,3)51)35(21-36(46)42-23-29-14-8-7-13-28(29)19-32(42)24-45)52-40(25)33-20-31(44(49)50)16-17-34(33)43(39(40)48)22-26-10-9-15-30(18-26)41-38(47)27-11-5-4-6-12-27/h4-18,20,25,32,35,37,45,51H,19,21-24H2,1-3H3,(H,41,47)/t25-,32+,35+,37-,40+/m1/s1. The Hall–Kier alpha value is -5.21. The van der Waals surface area contributed by atoms with Crippen molar-refractivity contribution < 1.29 is 33.9 Å². The monoisotopic (exact) mass is 734 g/mol. The van der Waals surface area contributed by atoms with E-state index >= 15 is 0 Å². The predicted molar refractivity (Wildman–Crippen MR) is 200 cm³/mol. The molecule has 7 rings (SSSR count). The van der Waals surface area contributed by atoms with Crippen molar-refractivity contribution >= 4 is 43.1 Å². The van der Waals surface area contributed by atoms with Crippen molar-refractivity contribution in [3.8, 4) is 0 Å². The van der Waals surface area contributed by atoms with Gasteiger partial charge in [-0.05, 0) is 66.5 Å². The zero-order valence-corrected chi connectivity index (χ0v) is 30.8. The minimum atomic E-state index is -3.17. The molecule has 274 valence electrons. The van der Waals surface area contributed by atoms with Crippen molar-refractivity contribution in [2.45, 2.75) is 69.2 Å². The zero-order chi connectivity index (χ0) is 37.7. The molecule has 3 N–H and O–H groups in total. The number of hydrogen-bond acceptors (Lipinski definition) is 8. The number of carbonyl (C=O) groups is 3. The summed E-state index contributed by atoms with van der Waals surface area (Å²) in [5.74, 6) is -1.66. The molecule has 0 saturated carbocycles. The average molecular weight is 735 g/mol. The summed E-state index contributed by atoms with van der Waals surface area (Å²) in [6.45, 7) is 5.47. The van der Waals surface area contributed by atoms with Crippen LogP contribution in [0, 0.1) is 16.0 Å². The smallest absolute Gasteiger partial charge is 0.269 e. The first-order chi connectivity index (χ1) is 25.3. The molecule has 12 nitrogen and oxygen atoms in total. The van der Waals surface area contributed by atoms with E-state index < -0.39 is 48.4 Å². The first-order valence-corrected chi connectivity index (χ1v) is 20.8. The number of aliphatic hydroxyl groups is 1. The number of rotatable bonds is 9. The number of benzene rings is 4. The topological polar surface area (TPSA) is 163 Å². The lowest BCUT2D eigenvalue weighted by Crippen LogP contribution is -2.48. The van der Waals surface area contributed by atoms with Crippen LogP contribution in [0.3, 0.4) is 0 Å². The number of anilines is 2. The fourth-order valence-electron chi connectivity index (χ4n) is 8.59. The number of nitro groups is 1. The number of nitro benzene ring substituents is 1. The average Bonchev–Trinajstić information content (AvgIpc) is 3.57. The molecule has 53 heavy (non-hydrogen) atoms. The molecule has 1 saturated heterocycles. The molecule has 0 unspecified atom stereocenters. The maximum atomic E-state index is 14.9. The van der Waals surface area contributed by atoms with Crippen LogP contribution in [-0.4, -0.2) is 64.5 Å². The molecule has 5 atom stereocenters. The summed E-state index contributed by atoms with van der Waals surface area (Å²) < 4.78 is 6.82. The lowest BCUT2D eigenvalue weighted by Gasteiger charge is -2.37. The minimum absolute atomic E-state index is 0.0656. The first-order valence-electron chi connectivity index (χ1n) is 17.8. The molecule has 3 heterocycles. The molecule has 4 aromatic carbocycles. The molecule has 0 radical (unpaired) electrons. The van der Waals surface area contributed by atoms with Gasteiger partial charge in [0.05, 0.1) is 42.3 Å².